The van der Waals surface area contributed by atoms with E-state index in [2.05, 4.69) is 13.0 Å². The first kappa shape index (κ1) is 18.1. The number of hydrogen-bond acceptors (Lipinski definition) is 3. The van der Waals surface area contributed by atoms with Crippen molar-refractivity contribution in [1.82, 2.24) is 4.90 Å². The molecule has 0 bridgehead atoms. The van der Waals surface area contributed by atoms with Crippen LogP contribution in [-0.4, -0.2) is 31.0 Å². The zero-order valence-electron chi connectivity index (χ0n) is 16.6. The Balaban J connectivity index is 1.69. The van der Waals surface area contributed by atoms with Crippen molar-refractivity contribution in [3.63, 3.8) is 0 Å². The van der Waals surface area contributed by atoms with Crippen LogP contribution in [0.15, 0.2) is 22.6 Å². The molecule has 1 unspecified atom stereocenters. The van der Waals surface area contributed by atoms with E-state index < -0.39 is 0 Å². The van der Waals surface area contributed by atoms with Crippen LogP contribution in [0.3, 0.4) is 0 Å². The number of carbonyl (C=O) groups is 1. The van der Waals surface area contributed by atoms with Crippen LogP contribution in [0.25, 0.3) is 16.5 Å². The van der Waals surface area contributed by atoms with E-state index in [-0.39, 0.29) is 5.91 Å². The number of fused-ring (bicyclic) bond motifs is 3. The molecule has 1 amide bonds. The van der Waals surface area contributed by atoms with Crippen LogP contribution < -0.4 is 4.74 Å². The summed E-state index contributed by atoms with van der Waals surface area (Å²) in [5.41, 5.74) is 4.16. The number of likely N-dealkylation sites (tertiary alicyclic amines) is 1. The second kappa shape index (κ2) is 7.41. The highest BCUT2D eigenvalue weighted by Crippen LogP contribution is 2.38. The van der Waals surface area contributed by atoms with Gasteiger partial charge in [-0.1, -0.05) is 6.92 Å². The first-order valence-corrected chi connectivity index (χ1v) is 10.2. The Morgan fingerprint density at radius 2 is 2.07 bits per heavy atom. The summed E-state index contributed by atoms with van der Waals surface area (Å²) in [5.74, 6) is 2.58. The molecule has 1 saturated heterocycles. The number of nitrogens with zero attached hydrogens (tertiary/aromatic N) is 1. The first-order chi connectivity index (χ1) is 13.1. The van der Waals surface area contributed by atoms with Gasteiger partial charge in [0.1, 0.15) is 17.1 Å². The van der Waals surface area contributed by atoms with Crippen molar-refractivity contribution in [3.8, 4) is 5.75 Å². The highest BCUT2D eigenvalue weighted by atomic mass is 16.5. The smallest absolute Gasteiger partial charge is 0.246 e. The van der Waals surface area contributed by atoms with Gasteiger partial charge in [-0.15, -0.1) is 0 Å². The highest BCUT2D eigenvalue weighted by Gasteiger charge is 2.22. The van der Waals surface area contributed by atoms with Gasteiger partial charge in [0.25, 0.3) is 0 Å². The predicted octanol–water partition coefficient (Wildman–Crippen LogP) is 4.98. The van der Waals surface area contributed by atoms with Gasteiger partial charge in [0, 0.05) is 48.2 Å². The Morgan fingerprint density at radius 1 is 1.26 bits per heavy atom. The summed E-state index contributed by atoms with van der Waals surface area (Å²) >= 11 is 0. The summed E-state index contributed by atoms with van der Waals surface area (Å²) in [7, 11) is 1.68. The number of allylic oxidation sites excluding steroid dienone is 1. The second-order valence-corrected chi connectivity index (χ2v) is 8.12. The van der Waals surface area contributed by atoms with Crippen LogP contribution in [0.2, 0.25) is 0 Å². The molecule has 1 fully saturated rings. The monoisotopic (exact) mass is 367 g/mol. The van der Waals surface area contributed by atoms with Crippen LogP contribution in [0.5, 0.6) is 5.75 Å². The molecule has 1 atom stereocenters. The van der Waals surface area contributed by atoms with Crippen LogP contribution >= 0.6 is 0 Å². The quantitative estimate of drug-likeness (QED) is 0.719. The first-order valence-electron chi connectivity index (χ1n) is 10.2. The summed E-state index contributed by atoms with van der Waals surface area (Å²) in [4.78, 5) is 14.7. The highest BCUT2D eigenvalue weighted by molar-refractivity contribution is 5.97. The van der Waals surface area contributed by atoms with Gasteiger partial charge >= 0.3 is 0 Å². The number of rotatable bonds is 3. The van der Waals surface area contributed by atoms with E-state index in [9.17, 15) is 4.79 Å². The molecule has 2 aliphatic rings. The average Bonchev–Trinajstić information content (AvgIpc) is 3.04. The summed E-state index contributed by atoms with van der Waals surface area (Å²) < 4.78 is 11.7. The molecule has 4 heteroatoms. The van der Waals surface area contributed by atoms with Crippen molar-refractivity contribution in [2.45, 2.75) is 52.4 Å². The van der Waals surface area contributed by atoms with E-state index in [1.165, 1.54) is 30.2 Å². The van der Waals surface area contributed by atoms with E-state index in [1.807, 2.05) is 17.9 Å². The van der Waals surface area contributed by atoms with Gasteiger partial charge in [-0.3, -0.25) is 4.79 Å². The minimum atomic E-state index is 0.107. The average molecular weight is 367 g/mol. The molecule has 0 saturated carbocycles. The maximum Gasteiger partial charge on any atom is 0.246 e. The summed E-state index contributed by atoms with van der Waals surface area (Å²) in [5, 5.41) is 1.17. The lowest BCUT2D eigenvalue weighted by molar-refractivity contribution is -0.127. The second-order valence-electron chi connectivity index (χ2n) is 8.12. The largest absolute Gasteiger partial charge is 0.496 e. The molecular weight excluding hydrogens is 338 g/mol. The lowest BCUT2D eigenvalue weighted by Gasteiger charge is -2.30. The standard InChI is InChI=1S/C23H29NO3/c1-15-7-6-10-24(14-15)23(25)11-16(2)18-12-19-17-8-4-5-9-20(17)27-22(19)13-21(18)26-3/h11-13,15H,4-10,14H2,1-3H3/b16-11+. The molecular formula is C23H29NO3. The molecule has 1 aliphatic heterocycles. The molecule has 1 aromatic carbocycles. The number of aryl methyl sites for hydroxylation is 2. The molecule has 144 valence electrons. The minimum Gasteiger partial charge on any atom is -0.496 e. The third kappa shape index (κ3) is 3.50. The number of benzene rings is 1. The van der Waals surface area contributed by atoms with Crippen molar-refractivity contribution in [1.29, 1.82) is 0 Å². The van der Waals surface area contributed by atoms with Crippen LogP contribution in [-0.2, 0) is 17.6 Å². The molecule has 0 spiro atoms. The number of carbonyl (C=O) groups excluding carboxylic acids is 1. The Labute approximate surface area is 161 Å². The normalized spacial score (nSPS) is 20.6. The Hall–Kier alpha value is -2.23. The van der Waals surface area contributed by atoms with Gasteiger partial charge in [-0.2, -0.15) is 0 Å². The number of ether oxygens (including phenoxy) is 1. The van der Waals surface area contributed by atoms with Gasteiger partial charge < -0.3 is 14.1 Å². The van der Waals surface area contributed by atoms with Crippen molar-refractivity contribution < 1.29 is 13.9 Å². The zero-order chi connectivity index (χ0) is 19.0. The Bertz CT molecular complexity index is 893. The topological polar surface area (TPSA) is 42.7 Å². The molecule has 1 aliphatic carbocycles. The van der Waals surface area contributed by atoms with E-state index in [0.29, 0.717) is 5.92 Å². The number of piperidine rings is 1. The van der Waals surface area contributed by atoms with Crippen LogP contribution in [0, 0.1) is 5.92 Å². The minimum absolute atomic E-state index is 0.107. The molecule has 4 nitrogen and oxygen atoms in total. The van der Waals surface area contributed by atoms with Gasteiger partial charge in [0.15, 0.2) is 0 Å². The summed E-state index contributed by atoms with van der Waals surface area (Å²) in [6.07, 6.45) is 8.57. The Morgan fingerprint density at radius 3 is 2.85 bits per heavy atom. The van der Waals surface area contributed by atoms with Gasteiger partial charge in [0.05, 0.1) is 7.11 Å². The number of furan rings is 1. The van der Waals surface area contributed by atoms with Crippen molar-refractivity contribution in [2.24, 2.45) is 5.92 Å². The third-order valence-corrected chi connectivity index (χ3v) is 6.01. The predicted molar refractivity (Wildman–Crippen MR) is 108 cm³/mol. The SMILES string of the molecule is COc1cc2oc3c(c2cc1/C(C)=C/C(=O)N1CCCC(C)C1)CCCC3. The van der Waals surface area contributed by atoms with Gasteiger partial charge in [0.2, 0.25) is 5.91 Å². The third-order valence-electron chi connectivity index (χ3n) is 6.01. The molecule has 0 radical (unpaired) electrons. The molecule has 1 aromatic heterocycles. The van der Waals surface area contributed by atoms with Gasteiger partial charge in [-0.05, 0) is 56.6 Å². The van der Waals surface area contributed by atoms with Crippen LogP contribution in [0.4, 0.5) is 0 Å². The molecule has 2 heterocycles. The van der Waals surface area contributed by atoms with E-state index in [4.69, 9.17) is 9.15 Å². The fourth-order valence-electron chi connectivity index (χ4n) is 4.51. The summed E-state index contributed by atoms with van der Waals surface area (Å²) in [6.45, 7) is 5.93. The maximum atomic E-state index is 12.8. The lowest BCUT2D eigenvalue weighted by atomic mass is 9.94. The maximum absolute atomic E-state index is 12.8. The van der Waals surface area contributed by atoms with Crippen molar-refractivity contribution in [3.05, 3.63) is 35.1 Å². The van der Waals surface area contributed by atoms with Gasteiger partial charge in [-0.25, -0.2) is 0 Å². The number of hydrogen-bond donors (Lipinski definition) is 0. The van der Waals surface area contributed by atoms with Crippen LogP contribution in [0.1, 0.15) is 56.4 Å². The molecule has 2 aromatic rings. The lowest BCUT2D eigenvalue weighted by Crippen LogP contribution is -2.38. The van der Waals surface area contributed by atoms with E-state index in [1.54, 1.807) is 13.2 Å². The fraction of sp³-hybridized carbons (Fsp3) is 0.522. The fourth-order valence-corrected chi connectivity index (χ4v) is 4.51. The molecule has 4 rings (SSSR count). The van der Waals surface area contributed by atoms with E-state index in [0.717, 1.165) is 60.6 Å². The van der Waals surface area contributed by atoms with Crippen molar-refractivity contribution in [2.75, 3.05) is 20.2 Å². The van der Waals surface area contributed by atoms with Crippen molar-refractivity contribution >= 4 is 22.4 Å². The summed E-state index contributed by atoms with van der Waals surface area (Å²) in [6, 6.07) is 4.13. The molecule has 0 N–H and O–H groups in total. The Kier molecular flexibility index (Phi) is 4.98. The van der Waals surface area contributed by atoms with E-state index >= 15 is 0 Å². The zero-order valence-corrected chi connectivity index (χ0v) is 16.6. The number of amides is 1. The molecule has 27 heavy (non-hydrogen) atoms. The number of methoxy groups -OCH3 is 1.